The lowest BCUT2D eigenvalue weighted by Crippen LogP contribution is -2.14. The third-order valence-electron chi connectivity index (χ3n) is 4.13. The maximum Gasteiger partial charge on any atom is 0.229 e. The minimum absolute atomic E-state index is 0.0798. The summed E-state index contributed by atoms with van der Waals surface area (Å²) in [6.07, 6.45) is 0.930. The van der Waals surface area contributed by atoms with Crippen LogP contribution in [0.1, 0.15) is 23.5 Å². The number of carbonyl (C=O) groups is 1. The average Bonchev–Trinajstić information content (AvgIpc) is 3.23. The Labute approximate surface area is 133 Å². The number of anilines is 1. The molecule has 0 aliphatic heterocycles. The molecule has 2 aromatic carbocycles. The average molecular weight is 308 g/mol. The first-order chi connectivity index (χ1) is 10.7. The van der Waals surface area contributed by atoms with Crippen LogP contribution in [0, 0.1) is 12.8 Å². The summed E-state index contributed by atoms with van der Waals surface area (Å²) in [5.41, 5.74) is 3.41. The Kier molecular flexibility index (Phi) is 3.19. The number of aryl methyl sites for hydroxylation is 1. The summed E-state index contributed by atoms with van der Waals surface area (Å²) in [6.45, 7) is 2.06. The Morgan fingerprint density at radius 1 is 1.23 bits per heavy atom. The van der Waals surface area contributed by atoms with E-state index in [1.54, 1.807) is 0 Å². The number of hydrogen-bond acceptors (Lipinski definition) is 3. The number of hydrogen-bond donors (Lipinski definition) is 1. The molecule has 1 heterocycles. The van der Waals surface area contributed by atoms with Crippen molar-refractivity contribution in [1.82, 2.24) is 4.98 Å². The molecule has 4 heteroatoms. The van der Waals surface area contributed by atoms with Crippen LogP contribution in [0.3, 0.4) is 0 Å². The number of thiazole rings is 1. The Morgan fingerprint density at radius 2 is 2.05 bits per heavy atom. The van der Waals surface area contributed by atoms with Crippen LogP contribution >= 0.6 is 11.3 Å². The molecule has 0 saturated heterocycles. The van der Waals surface area contributed by atoms with E-state index in [1.165, 1.54) is 22.5 Å². The summed E-state index contributed by atoms with van der Waals surface area (Å²) in [5.74, 6) is 0.526. The minimum Gasteiger partial charge on any atom is -0.302 e. The van der Waals surface area contributed by atoms with Crippen LogP contribution in [0.2, 0.25) is 0 Å². The lowest BCUT2D eigenvalue weighted by atomic mass is 10.1. The predicted molar refractivity (Wildman–Crippen MR) is 90.3 cm³/mol. The lowest BCUT2D eigenvalue weighted by molar-refractivity contribution is -0.117. The van der Waals surface area contributed by atoms with Crippen LogP contribution in [0.15, 0.2) is 48.5 Å². The first kappa shape index (κ1) is 13.5. The third-order valence-corrected chi connectivity index (χ3v) is 5.06. The predicted octanol–water partition coefficient (Wildman–Crippen LogP) is 4.35. The van der Waals surface area contributed by atoms with Gasteiger partial charge < -0.3 is 5.32 Å². The van der Waals surface area contributed by atoms with Crippen molar-refractivity contribution < 1.29 is 4.79 Å². The fourth-order valence-electron chi connectivity index (χ4n) is 2.84. The first-order valence-corrected chi connectivity index (χ1v) is 8.25. The van der Waals surface area contributed by atoms with Crippen LogP contribution in [0.4, 0.5) is 5.13 Å². The number of carbonyl (C=O) groups excluding carboxylic acids is 1. The topological polar surface area (TPSA) is 42.0 Å². The Morgan fingerprint density at radius 3 is 2.86 bits per heavy atom. The molecule has 110 valence electrons. The third kappa shape index (κ3) is 2.50. The van der Waals surface area contributed by atoms with Crippen molar-refractivity contribution in [2.75, 3.05) is 5.32 Å². The number of nitrogens with one attached hydrogen (secondary N) is 1. The Hall–Kier alpha value is -2.20. The van der Waals surface area contributed by atoms with Gasteiger partial charge in [0.25, 0.3) is 0 Å². The molecule has 0 spiro atoms. The van der Waals surface area contributed by atoms with E-state index < -0.39 is 0 Å². The second-order valence-electron chi connectivity index (χ2n) is 5.84. The molecule has 3 aromatic rings. The molecule has 1 aliphatic rings. The van der Waals surface area contributed by atoms with Gasteiger partial charge in [0.05, 0.1) is 10.2 Å². The molecule has 0 bridgehead atoms. The molecule has 2 atom stereocenters. The standard InChI is InChI=1S/C18H16N2OS/c1-11-7-8-15-16(9-11)22-18(19-15)20-17(21)14-10-13(14)12-5-3-2-4-6-12/h2-9,13-14H,10H2,1H3,(H,19,20,21). The monoisotopic (exact) mass is 308 g/mol. The van der Waals surface area contributed by atoms with Gasteiger partial charge in [0.2, 0.25) is 5.91 Å². The molecule has 4 rings (SSSR count). The van der Waals surface area contributed by atoms with Gasteiger partial charge >= 0.3 is 0 Å². The van der Waals surface area contributed by atoms with Crippen molar-refractivity contribution in [3.63, 3.8) is 0 Å². The highest BCUT2D eigenvalue weighted by Gasteiger charge is 2.44. The van der Waals surface area contributed by atoms with Crippen molar-refractivity contribution in [2.45, 2.75) is 19.3 Å². The summed E-state index contributed by atoms with van der Waals surface area (Å²) in [6, 6.07) is 16.4. The summed E-state index contributed by atoms with van der Waals surface area (Å²) in [4.78, 5) is 16.8. The Bertz CT molecular complexity index is 841. The maximum atomic E-state index is 12.4. The normalized spacial score (nSPS) is 20.0. The van der Waals surface area contributed by atoms with Gasteiger partial charge in [-0.15, -0.1) is 0 Å². The molecule has 1 aliphatic carbocycles. The maximum absolute atomic E-state index is 12.4. The molecular weight excluding hydrogens is 292 g/mol. The number of rotatable bonds is 3. The molecular formula is C18H16N2OS. The van der Waals surface area contributed by atoms with E-state index in [1.807, 2.05) is 30.3 Å². The second-order valence-corrected chi connectivity index (χ2v) is 6.87. The van der Waals surface area contributed by atoms with Crippen LogP contribution in [-0.2, 0) is 4.79 Å². The Balaban J connectivity index is 1.48. The number of fused-ring (bicyclic) bond motifs is 1. The van der Waals surface area contributed by atoms with E-state index in [-0.39, 0.29) is 11.8 Å². The summed E-state index contributed by atoms with van der Waals surface area (Å²) in [7, 11) is 0. The van der Waals surface area contributed by atoms with E-state index in [0.29, 0.717) is 11.0 Å². The van der Waals surface area contributed by atoms with Crippen molar-refractivity contribution in [3.05, 3.63) is 59.7 Å². The molecule has 2 unspecified atom stereocenters. The minimum atomic E-state index is 0.0798. The molecule has 1 N–H and O–H groups in total. The highest BCUT2D eigenvalue weighted by atomic mass is 32.1. The zero-order chi connectivity index (χ0) is 15.1. The van der Waals surface area contributed by atoms with E-state index in [4.69, 9.17) is 0 Å². The lowest BCUT2D eigenvalue weighted by Gasteiger charge is -2.01. The van der Waals surface area contributed by atoms with E-state index in [9.17, 15) is 4.79 Å². The van der Waals surface area contributed by atoms with Crippen LogP contribution in [0.5, 0.6) is 0 Å². The van der Waals surface area contributed by atoms with E-state index >= 15 is 0 Å². The van der Waals surface area contributed by atoms with E-state index in [0.717, 1.165) is 16.6 Å². The van der Waals surface area contributed by atoms with Crippen molar-refractivity contribution in [3.8, 4) is 0 Å². The van der Waals surface area contributed by atoms with Crippen molar-refractivity contribution in [2.24, 2.45) is 5.92 Å². The fourth-order valence-corrected chi connectivity index (χ4v) is 3.80. The van der Waals surface area contributed by atoms with Crippen molar-refractivity contribution >= 4 is 32.6 Å². The number of nitrogens with zero attached hydrogens (tertiary/aromatic N) is 1. The van der Waals surface area contributed by atoms with Gasteiger partial charge in [-0.3, -0.25) is 4.79 Å². The van der Waals surface area contributed by atoms with Crippen LogP contribution in [0.25, 0.3) is 10.2 Å². The van der Waals surface area contributed by atoms with Gasteiger partial charge in [-0.2, -0.15) is 0 Å². The van der Waals surface area contributed by atoms with Gasteiger partial charge in [-0.1, -0.05) is 47.7 Å². The highest BCUT2D eigenvalue weighted by molar-refractivity contribution is 7.22. The zero-order valence-corrected chi connectivity index (χ0v) is 13.1. The number of aromatic nitrogens is 1. The highest BCUT2D eigenvalue weighted by Crippen LogP contribution is 2.48. The molecule has 1 aromatic heterocycles. The molecule has 1 saturated carbocycles. The molecule has 3 nitrogen and oxygen atoms in total. The van der Waals surface area contributed by atoms with Gasteiger partial charge in [-0.05, 0) is 42.5 Å². The molecule has 1 amide bonds. The first-order valence-electron chi connectivity index (χ1n) is 7.44. The van der Waals surface area contributed by atoms with Gasteiger partial charge in [0, 0.05) is 5.92 Å². The molecule has 0 radical (unpaired) electrons. The SMILES string of the molecule is Cc1ccc2nc(NC(=O)C3CC3c3ccccc3)sc2c1. The number of amides is 1. The number of benzene rings is 2. The van der Waals surface area contributed by atoms with E-state index in [2.05, 4.69) is 35.4 Å². The second kappa shape index (κ2) is 5.21. The molecule has 22 heavy (non-hydrogen) atoms. The fraction of sp³-hybridized carbons (Fsp3) is 0.222. The van der Waals surface area contributed by atoms with Gasteiger partial charge in [0.1, 0.15) is 0 Å². The van der Waals surface area contributed by atoms with Crippen LogP contribution < -0.4 is 5.32 Å². The zero-order valence-electron chi connectivity index (χ0n) is 12.2. The summed E-state index contributed by atoms with van der Waals surface area (Å²) >= 11 is 1.54. The molecule has 1 fully saturated rings. The van der Waals surface area contributed by atoms with Gasteiger partial charge in [-0.25, -0.2) is 4.98 Å². The van der Waals surface area contributed by atoms with Crippen molar-refractivity contribution in [1.29, 1.82) is 0 Å². The largest absolute Gasteiger partial charge is 0.302 e. The summed E-state index contributed by atoms with van der Waals surface area (Å²) < 4.78 is 1.12. The summed E-state index contributed by atoms with van der Waals surface area (Å²) in [5, 5.41) is 3.68. The quantitative estimate of drug-likeness (QED) is 0.781. The smallest absolute Gasteiger partial charge is 0.229 e. The van der Waals surface area contributed by atoms with Gasteiger partial charge in [0.15, 0.2) is 5.13 Å². The van der Waals surface area contributed by atoms with Crippen LogP contribution in [-0.4, -0.2) is 10.9 Å².